The molecule has 0 fully saturated rings. The minimum Gasteiger partial charge on any atom is -0.321 e. The van der Waals surface area contributed by atoms with Crippen LogP contribution in [0.15, 0.2) is 73.1 Å². The topological polar surface area (TPSA) is 76.1 Å². The zero-order valence-corrected chi connectivity index (χ0v) is 16.5. The first-order valence-corrected chi connectivity index (χ1v) is 9.52. The second kappa shape index (κ2) is 9.10. The SMILES string of the molecule is CC(C)c1ccc(NC(=O)C[n+]2ccc(Cc3ccc([N+](=O)[O-])cc3)cc2)cc1. The highest BCUT2D eigenvalue weighted by atomic mass is 16.6. The normalized spacial score (nSPS) is 10.7. The monoisotopic (exact) mass is 390 g/mol. The van der Waals surface area contributed by atoms with E-state index < -0.39 is 4.92 Å². The number of nitrogens with zero attached hydrogens (tertiary/aromatic N) is 2. The molecule has 1 amide bonds. The van der Waals surface area contributed by atoms with E-state index in [9.17, 15) is 14.9 Å². The average molecular weight is 390 g/mol. The van der Waals surface area contributed by atoms with Crippen molar-refractivity contribution >= 4 is 17.3 Å². The summed E-state index contributed by atoms with van der Waals surface area (Å²) >= 11 is 0. The van der Waals surface area contributed by atoms with Gasteiger partial charge in [0.1, 0.15) is 0 Å². The molecule has 0 aliphatic carbocycles. The Labute approximate surface area is 170 Å². The Hall–Kier alpha value is -3.54. The van der Waals surface area contributed by atoms with E-state index in [0.29, 0.717) is 12.3 Å². The van der Waals surface area contributed by atoms with Crippen LogP contribution in [0.25, 0.3) is 0 Å². The van der Waals surface area contributed by atoms with Gasteiger partial charge in [0.05, 0.1) is 4.92 Å². The molecule has 0 saturated heterocycles. The number of non-ortho nitro benzene ring substituents is 1. The van der Waals surface area contributed by atoms with Gasteiger partial charge in [-0.3, -0.25) is 14.9 Å². The van der Waals surface area contributed by atoms with Crippen molar-refractivity contribution < 1.29 is 14.3 Å². The second-order valence-corrected chi connectivity index (χ2v) is 7.30. The minimum atomic E-state index is -0.404. The van der Waals surface area contributed by atoms with Crippen LogP contribution in [0.4, 0.5) is 11.4 Å². The molecule has 2 aromatic carbocycles. The molecule has 1 heterocycles. The number of nitro benzene ring substituents is 1. The average Bonchev–Trinajstić information content (AvgIpc) is 2.70. The molecule has 0 bridgehead atoms. The third-order valence-electron chi connectivity index (χ3n) is 4.70. The van der Waals surface area contributed by atoms with Gasteiger partial charge >= 0.3 is 0 Å². The number of hydrogen-bond acceptors (Lipinski definition) is 3. The molecule has 29 heavy (non-hydrogen) atoms. The Morgan fingerprint density at radius 2 is 1.55 bits per heavy atom. The fourth-order valence-corrected chi connectivity index (χ4v) is 3.00. The number of hydrogen-bond donors (Lipinski definition) is 1. The Morgan fingerprint density at radius 1 is 0.966 bits per heavy atom. The van der Waals surface area contributed by atoms with Gasteiger partial charge in [-0.2, -0.15) is 4.57 Å². The number of amides is 1. The molecule has 148 valence electrons. The summed E-state index contributed by atoms with van der Waals surface area (Å²) in [5.41, 5.74) is 4.18. The lowest BCUT2D eigenvalue weighted by atomic mass is 10.0. The van der Waals surface area contributed by atoms with E-state index in [0.717, 1.165) is 16.8 Å². The second-order valence-electron chi connectivity index (χ2n) is 7.30. The molecule has 1 N–H and O–H groups in total. The van der Waals surface area contributed by atoms with Crippen molar-refractivity contribution in [1.29, 1.82) is 0 Å². The first kappa shape index (κ1) is 20.2. The van der Waals surface area contributed by atoms with Crippen LogP contribution in [0.2, 0.25) is 0 Å². The van der Waals surface area contributed by atoms with Gasteiger partial charge in [-0.1, -0.05) is 38.1 Å². The highest BCUT2D eigenvalue weighted by Crippen LogP contribution is 2.17. The highest BCUT2D eigenvalue weighted by Gasteiger charge is 2.11. The van der Waals surface area contributed by atoms with Crippen LogP contribution in [-0.4, -0.2) is 10.8 Å². The van der Waals surface area contributed by atoms with Crippen LogP contribution in [0.5, 0.6) is 0 Å². The Kier molecular flexibility index (Phi) is 6.34. The van der Waals surface area contributed by atoms with Gasteiger partial charge in [-0.25, -0.2) is 0 Å². The Balaban J connectivity index is 1.55. The number of carbonyl (C=O) groups excluding carboxylic acids is 1. The van der Waals surface area contributed by atoms with Crippen molar-refractivity contribution in [1.82, 2.24) is 0 Å². The van der Waals surface area contributed by atoms with Crippen molar-refractivity contribution in [2.75, 3.05) is 5.32 Å². The number of nitro groups is 1. The van der Waals surface area contributed by atoms with E-state index in [1.54, 1.807) is 12.1 Å². The lowest BCUT2D eigenvalue weighted by Gasteiger charge is -2.07. The largest absolute Gasteiger partial charge is 0.321 e. The molecule has 0 radical (unpaired) electrons. The molecular formula is C23H24N3O3+. The maximum absolute atomic E-state index is 12.3. The van der Waals surface area contributed by atoms with Crippen molar-refractivity contribution in [3.63, 3.8) is 0 Å². The minimum absolute atomic E-state index is 0.0875. The maximum Gasteiger partial charge on any atom is 0.290 e. The smallest absolute Gasteiger partial charge is 0.290 e. The molecule has 0 spiro atoms. The number of aromatic nitrogens is 1. The van der Waals surface area contributed by atoms with Crippen molar-refractivity contribution in [3.8, 4) is 0 Å². The first-order valence-electron chi connectivity index (χ1n) is 9.52. The van der Waals surface area contributed by atoms with Crippen molar-refractivity contribution in [3.05, 3.63) is 99.9 Å². The predicted molar refractivity (Wildman–Crippen MR) is 112 cm³/mol. The third-order valence-corrected chi connectivity index (χ3v) is 4.70. The molecule has 1 aromatic heterocycles. The summed E-state index contributed by atoms with van der Waals surface area (Å²) in [4.78, 5) is 22.6. The first-order chi connectivity index (χ1) is 13.9. The summed E-state index contributed by atoms with van der Waals surface area (Å²) in [6.07, 6.45) is 4.40. The van der Waals surface area contributed by atoms with E-state index in [1.165, 1.54) is 17.7 Å². The molecule has 0 atom stereocenters. The van der Waals surface area contributed by atoms with E-state index in [4.69, 9.17) is 0 Å². The quantitative estimate of drug-likeness (QED) is 0.372. The summed E-state index contributed by atoms with van der Waals surface area (Å²) in [5, 5.41) is 13.6. The van der Waals surface area contributed by atoms with Gasteiger partial charge < -0.3 is 5.32 Å². The van der Waals surface area contributed by atoms with Crippen LogP contribution in [0.3, 0.4) is 0 Å². The molecular weight excluding hydrogens is 366 g/mol. The molecule has 0 saturated carbocycles. The number of nitrogens with one attached hydrogen (secondary N) is 1. The van der Waals surface area contributed by atoms with Crippen molar-refractivity contribution in [2.24, 2.45) is 0 Å². The molecule has 0 aliphatic heterocycles. The number of pyridine rings is 1. The molecule has 0 unspecified atom stereocenters. The number of anilines is 1. The third kappa shape index (κ3) is 5.72. The lowest BCUT2D eigenvalue weighted by molar-refractivity contribution is -0.684. The highest BCUT2D eigenvalue weighted by molar-refractivity contribution is 5.89. The van der Waals surface area contributed by atoms with Crippen LogP contribution < -0.4 is 9.88 Å². The molecule has 6 nitrogen and oxygen atoms in total. The number of carbonyl (C=O) groups is 1. The predicted octanol–water partition coefficient (Wildman–Crippen LogP) is 4.24. The van der Waals surface area contributed by atoms with Gasteiger partial charge in [-0.05, 0) is 41.2 Å². The van der Waals surface area contributed by atoms with Crippen LogP contribution in [0.1, 0.15) is 36.5 Å². The van der Waals surface area contributed by atoms with Crippen molar-refractivity contribution in [2.45, 2.75) is 32.7 Å². The maximum atomic E-state index is 12.3. The van der Waals surface area contributed by atoms with Crippen LogP contribution in [-0.2, 0) is 17.8 Å². The lowest BCUT2D eigenvalue weighted by Crippen LogP contribution is -2.39. The van der Waals surface area contributed by atoms with Gasteiger partial charge in [0.15, 0.2) is 12.4 Å². The molecule has 0 aliphatic rings. The standard InChI is InChI=1S/C23H23N3O3/c1-17(2)20-5-7-21(8-6-20)24-23(27)16-25-13-11-19(12-14-25)15-18-3-9-22(10-4-18)26(28)29/h3-14,17H,15-16H2,1-2H3/p+1. The molecule has 6 heteroatoms. The van der Waals surface area contributed by atoms with Gasteiger partial charge in [0.2, 0.25) is 6.54 Å². The summed E-state index contributed by atoms with van der Waals surface area (Å²) in [6, 6.07) is 18.3. The molecule has 3 rings (SSSR count). The zero-order chi connectivity index (χ0) is 20.8. The van der Waals surface area contributed by atoms with Gasteiger partial charge in [-0.15, -0.1) is 0 Å². The van der Waals surface area contributed by atoms with E-state index >= 15 is 0 Å². The summed E-state index contributed by atoms with van der Waals surface area (Å²) in [6.45, 7) is 4.49. The van der Waals surface area contributed by atoms with E-state index in [1.807, 2.05) is 53.4 Å². The van der Waals surface area contributed by atoms with E-state index in [2.05, 4.69) is 19.2 Å². The summed E-state index contributed by atoms with van der Waals surface area (Å²) < 4.78 is 1.82. The summed E-state index contributed by atoms with van der Waals surface area (Å²) in [7, 11) is 0. The van der Waals surface area contributed by atoms with Gasteiger partial charge in [0, 0.05) is 30.0 Å². The molecule has 3 aromatic rings. The van der Waals surface area contributed by atoms with Gasteiger partial charge in [0.25, 0.3) is 11.6 Å². The fraction of sp³-hybridized carbons (Fsp3) is 0.217. The Morgan fingerprint density at radius 3 is 2.10 bits per heavy atom. The van der Waals surface area contributed by atoms with Crippen LogP contribution >= 0.6 is 0 Å². The number of rotatable bonds is 7. The fourth-order valence-electron chi connectivity index (χ4n) is 3.00. The summed E-state index contributed by atoms with van der Waals surface area (Å²) in [5.74, 6) is 0.371. The van der Waals surface area contributed by atoms with Crippen LogP contribution in [0, 0.1) is 10.1 Å². The zero-order valence-electron chi connectivity index (χ0n) is 16.5. The number of benzene rings is 2. The Bertz CT molecular complexity index is 979. The van der Waals surface area contributed by atoms with E-state index in [-0.39, 0.29) is 18.1 Å².